The summed E-state index contributed by atoms with van der Waals surface area (Å²) >= 11 is 5.32. The van der Waals surface area contributed by atoms with Crippen molar-refractivity contribution < 1.29 is 19.4 Å². The van der Waals surface area contributed by atoms with E-state index in [4.69, 9.17) is 17.0 Å². The summed E-state index contributed by atoms with van der Waals surface area (Å²) in [5, 5.41) is 11.9. The fourth-order valence-corrected chi connectivity index (χ4v) is 4.23. The molecule has 4 rings (SSSR count). The molecule has 2 N–H and O–H groups in total. The first-order valence-corrected chi connectivity index (χ1v) is 12.0. The number of nitrogens with zero attached hydrogens (tertiary/aromatic N) is 2. The van der Waals surface area contributed by atoms with Gasteiger partial charge in [0.25, 0.3) is 11.8 Å². The summed E-state index contributed by atoms with van der Waals surface area (Å²) < 4.78 is 5.82. The minimum atomic E-state index is -0.538. The van der Waals surface area contributed by atoms with Crippen molar-refractivity contribution in [2.75, 3.05) is 29.5 Å². The molecular formula is C28H27N3O4S. The van der Waals surface area contributed by atoms with Crippen molar-refractivity contribution in [2.45, 2.75) is 13.8 Å². The monoisotopic (exact) mass is 501 g/mol. The number of aryl methyl sites for hydroxylation is 1. The molecule has 7 nitrogen and oxygen atoms in total. The van der Waals surface area contributed by atoms with E-state index in [9.17, 15) is 14.7 Å². The summed E-state index contributed by atoms with van der Waals surface area (Å²) in [6.45, 7) is 5.27. The van der Waals surface area contributed by atoms with Crippen LogP contribution in [-0.4, -0.2) is 41.7 Å². The molecule has 1 saturated heterocycles. The first-order chi connectivity index (χ1) is 17.4. The van der Waals surface area contributed by atoms with Crippen molar-refractivity contribution in [1.29, 1.82) is 0 Å². The molecule has 184 valence electrons. The van der Waals surface area contributed by atoms with Crippen LogP contribution in [-0.2, 0) is 9.59 Å². The molecule has 0 radical (unpaired) electrons. The summed E-state index contributed by atoms with van der Waals surface area (Å²) in [6.07, 6.45) is 1.58. The fraction of sp³-hybridized carbons (Fsp3) is 0.179. The zero-order valence-electron chi connectivity index (χ0n) is 20.1. The lowest BCUT2D eigenvalue weighted by Gasteiger charge is -2.29. The highest BCUT2D eigenvalue weighted by atomic mass is 32.1. The number of aliphatic hydroxyl groups excluding tert-OH is 1. The van der Waals surface area contributed by atoms with Crippen LogP contribution in [0.4, 0.5) is 11.4 Å². The number of rotatable bonds is 8. The number of thiocarbonyl (C=S) groups is 1. The van der Waals surface area contributed by atoms with Gasteiger partial charge in [0.15, 0.2) is 5.11 Å². The van der Waals surface area contributed by atoms with Crippen molar-refractivity contribution in [3.8, 4) is 11.5 Å². The molecule has 0 bridgehead atoms. The molecule has 0 aliphatic carbocycles. The summed E-state index contributed by atoms with van der Waals surface area (Å²) in [5.41, 5.74) is 3.12. The number of ether oxygens (including phenoxy) is 1. The molecule has 0 unspecified atom stereocenters. The van der Waals surface area contributed by atoms with Crippen molar-refractivity contribution >= 4 is 46.6 Å². The van der Waals surface area contributed by atoms with Gasteiger partial charge in [0, 0.05) is 18.8 Å². The maximum atomic E-state index is 13.4. The van der Waals surface area contributed by atoms with Gasteiger partial charge in [-0.1, -0.05) is 24.3 Å². The minimum Gasteiger partial charge on any atom is -0.457 e. The Morgan fingerprint density at radius 2 is 1.72 bits per heavy atom. The van der Waals surface area contributed by atoms with Crippen LogP contribution in [0.2, 0.25) is 0 Å². The molecule has 0 atom stereocenters. The molecule has 3 aromatic carbocycles. The van der Waals surface area contributed by atoms with Crippen molar-refractivity contribution in [3.63, 3.8) is 0 Å². The number of likely N-dealkylation sites (N-methyl/N-ethyl adjacent to an activating group) is 1. The molecule has 1 aliphatic heterocycles. The number of hydrogen-bond acceptors (Lipinski definition) is 6. The number of aliphatic hydroxyl groups is 1. The molecule has 1 fully saturated rings. The van der Waals surface area contributed by atoms with Crippen molar-refractivity contribution in [3.05, 3.63) is 89.5 Å². The van der Waals surface area contributed by atoms with E-state index in [0.29, 0.717) is 23.7 Å². The second-order valence-corrected chi connectivity index (χ2v) is 8.60. The molecule has 2 amide bonds. The highest BCUT2D eigenvalue weighted by molar-refractivity contribution is 7.80. The minimum absolute atomic E-state index is 0.00762. The van der Waals surface area contributed by atoms with Crippen LogP contribution in [0.15, 0.2) is 78.4 Å². The molecule has 8 heteroatoms. The van der Waals surface area contributed by atoms with Gasteiger partial charge in [-0.05, 0) is 91.8 Å². The van der Waals surface area contributed by atoms with Crippen LogP contribution in [0.25, 0.3) is 6.08 Å². The number of anilines is 2. The maximum Gasteiger partial charge on any atom is 0.270 e. The zero-order chi connectivity index (χ0) is 25.7. The summed E-state index contributed by atoms with van der Waals surface area (Å²) in [6, 6.07) is 22.1. The highest BCUT2D eigenvalue weighted by Crippen LogP contribution is 2.28. The van der Waals surface area contributed by atoms with Crippen LogP contribution >= 0.6 is 12.2 Å². The topological polar surface area (TPSA) is 82.1 Å². The Kier molecular flexibility index (Phi) is 7.77. The average Bonchev–Trinajstić information content (AvgIpc) is 2.87. The standard InChI is InChI=1S/C28H27N3O4S/c1-3-30(15-16-32)22-10-9-20(19(2)17-22)18-25-26(33)29-28(36)31(27(25)34)21-11-13-24(14-12-21)35-23-7-5-4-6-8-23/h4-14,17-18,32H,3,15-16H2,1-2H3,(H,29,33,36). The molecule has 3 aromatic rings. The number of carbonyl (C=O) groups excluding carboxylic acids is 2. The van der Waals surface area contributed by atoms with Crippen LogP contribution < -0.4 is 19.9 Å². The summed E-state index contributed by atoms with van der Waals surface area (Å²) in [5.74, 6) is 0.272. The maximum absolute atomic E-state index is 13.4. The first-order valence-electron chi connectivity index (χ1n) is 11.6. The summed E-state index contributed by atoms with van der Waals surface area (Å²) in [7, 11) is 0. The van der Waals surface area contributed by atoms with Gasteiger partial charge < -0.3 is 14.7 Å². The number of benzene rings is 3. The van der Waals surface area contributed by atoms with E-state index < -0.39 is 11.8 Å². The quantitative estimate of drug-likeness (QED) is 0.270. The van der Waals surface area contributed by atoms with Gasteiger partial charge >= 0.3 is 0 Å². The van der Waals surface area contributed by atoms with E-state index in [1.807, 2.05) is 67.3 Å². The Labute approximate surface area is 215 Å². The van der Waals surface area contributed by atoms with Crippen LogP contribution in [0.5, 0.6) is 11.5 Å². The Morgan fingerprint density at radius 1 is 1.03 bits per heavy atom. The van der Waals surface area contributed by atoms with Crippen LogP contribution in [0.1, 0.15) is 18.1 Å². The molecule has 36 heavy (non-hydrogen) atoms. The van der Waals surface area contributed by atoms with Crippen molar-refractivity contribution in [2.24, 2.45) is 0 Å². The number of carbonyl (C=O) groups is 2. The highest BCUT2D eigenvalue weighted by Gasteiger charge is 2.34. The first kappa shape index (κ1) is 25.1. The van der Waals surface area contributed by atoms with Gasteiger partial charge in [0.2, 0.25) is 0 Å². The lowest BCUT2D eigenvalue weighted by molar-refractivity contribution is -0.122. The smallest absolute Gasteiger partial charge is 0.270 e. The van der Waals surface area contributed by atoms with E-state index in [-0.39, 0.29) is 17.3 Å². The van der Waals surface area contributed by atoms with Gasteiger partial charge in [-0.15, -0.1) is 0 Å². The lowest BCUT2D eigenvalue weighted by atomic mass is 10.0. The van der Waals surface area contributed by atoms with E-state index in [1.165, 1.54) is 4.90 Å². The number of para-hydroxylation sites is 1. The molecule has 1 aliphatic rings. The molecule has 0 aromatic heterocycles. The zero-order valence-corrected chi connectivity index (χ0v) is 20.9. The van der Waals surface area contributed by atoms with Crippen LogP contribution in [0.3, 0.4) is 0 Å². The second-order valence-electron chi connectivity index (χ2n) is 8.21. The second kappa shape index (κ2) is 11.2. The third-order valence-electron chi connectivity index (χ3n) is 5.85. The van der Waals surface area contributed by atoms with E-state index >= 15 is 0 Å². The predicted molar refractivity (Wildman–Crippen MR) is 145 cm³/mol. The SMILES string of the molecule is CCN(CCO)c1ccc(C=C2C(=O)NC(=S)N(c3ccc(Oc4ccccc4)cc3)C2=O)c(C)c1. The van der Waals surface area contributed by atoms with Gasteiger partial charge in [-0.2, -0.15) is 0 Å². The number of nitrogens with one attached hydrogen (secondary N) is 1. The fourth-order valence-electron chi connectivity index (χ4n) is 3.94. The summed E-state index contributed by atoms with van der Waals surface area (Å²) in [4.78, 5) is 29.4. The van der Waals surface area contributed by atoms with Crippen LogP contribution in [0, 0.1) is 6.92 Å². The molecular weight excluding hydrogens is 474 g/mol. The molecule has 0 saturated carbocycles. The Morgan fingerprint density at radius 3 is 2.36 bits per heavy atom. The van der Waals surface area contributed by atoms with E-state index in [1.54, 1.807) is 30.3 Å². The third-order valence-corrected chi connectivity index (χ3v) is 6.13. The van der Waals surface area contributed by atoms with Gasteiger partial charge in [0.1, 0.15) is 17.1 Å². The van der Waals surface area contributed by atoms with E-state index in [2.05, 4.69) is 5.32 Å². The Bertz CT molecular complexity index is 1310. The predicted octanol–water partition coefficient (Wildman–Crippen LogP) is 4.44. The third kappa shape index (κ3) is 5.45. The van der Waals surface area contributed by atoms with Gasteiger partial charge in [-0.25, -0.2) is 0 Å². The van der Waals surface area contributed by atoms with Gasteiger partial charge in [-0.3, -0.25) is 19.8 Å². The lowest BCUT2D eigenvalue weighted by Crippen LogP contribution is -2.54. The van der Waals surface area contributed by atoms with Crippen molar-refractivity contribution in [1.82, 2.24) is 5.32 Å². The normalized spacial score (nSPS) is 14.7. The van der Waals surface area contributed by atoms with E-state index in [0.717, 1.165) is 23.4 Å². The largest absolute Gasteiger partial charge is 0.457 e. The Balaban J connectivity index is 1.58. The number of amides is 2. The number of hydrogen-bond donors (Lipinski definition) is 2. The Hall–Kier alpha value is -4.01. The molecule has 0 spiro atoms. The van der Waals surface area contributed by atoms with Gasteiger partial charge in [0.05, 0.1) is 12.3 Å². The molecule has 1 heterocycles. The average molecular weight is 502 g/mol.